The lowest BCUT2D eigenvalue weighted by Gasteiger charge is -2.08. The highest BCUT2D eigenvalue weighted by molar-refractivity contribution is 5.73. The zero-order valence-electron chi connectivity index (χ0n) is 7.55. The molecule has 1 heterocycles. The van der Waals surface area contributed by atoms with Crippen molar-refractivity contribution in [3.8, 4) is 0 Å². The van der Waals surface area contributed by atoms with E-state index in [-0.39, 0.29) is 12.6 Å². The third-order valence-electron chi connectivity index (χ3n) is 2.15. The minimum atomic E-state index is -0.166. The predicted octanol–water partition coefficient (Wildman–Crippen LogP) is 0.605. The maximum Gasteiger partial charge on any atom is 0.135 e. The van der Waals surface area contributed by atoms with Crippen molar-refractivity contribution in [2.75, 3.05) is 6.61 Å². The first-order valence-corrected chi connectivity index (χ1v) is 4.40. The molecule has 5 nitrogen and oxygen atoms in total. The molecule has 0 aliphatic carbocycles. The summed E-state index contributed by atoms with van der Waals surface area (Å²) in [4.78, 5) is 0. The minimum absolute atomic E-state index is 0.0796. The van der Waals surface area contributed by atoms with Crippen molar-refractivity contribution in [1.82, 2.24) is 10.3 Å². The van der Waals surface area contributed by atoms with Crippen molar-refractivity contribution in [2.45, 2.75) is 12.5 Å². The van der Waals surface area contributed by atoms with Crippen molar-refractivity contribution < 1.29 is 9.74 Å². The molecule has 1 unspecified atom stereocenters. The highest BCUT2D eigenvalue weighted by Gasteiger charge is 2.07. The standard InChI is InChI=1S/C9H11N3O2/c10-7(3-4-13)6-1-2-8-9(5-6)12-14-11-8/h1-2,5,7,13H,3-4,10H2. The molecule has 74 valence electrons. The molecule has 0 radical (unpaired) electrons. The summed E-state index contributed by atoms with van der Waals surface area (Å²) in [7, 11) is 0. The minimum Gasteiger partial charge on any atom is -0.396 e. The maximum absolute atomic E-state index is 8.74. The zero-order valence-corrected chi connectivity index (χ0v) is 7.55. The van der Waals surface area contributed by atoms with E-state index in [2.05, 4.69) is 14.9 Å². The number of aromatic nitrogens is 2. The van der Waals surface area contributed by atoms with Crippen LogP contribution in [0, 0.1) is 0 Å². The van der Waals surface area contributed by atoms with Gasteiger partial charge >= 0.3 is 0 Å². The van der Waals surface area contributed by atoms with Crippen LogP contribution < -0.4 is 5.73 Å². The molecule has 0 aliphatic heterocycles. The Labute approximate surface area is 80.5 Å². The Morgan fingerprint density at radius 2 is 2.14 bits per heavy atom. The fourth-order valence-electron chi connectivity index (χ4n) is 1.34. The Balaban J connectivity index is 2.33. The van der Waals surface area contributed by atoms with E-state index in [1.165, 1.54) is 0 Å². The smallest absolute Gasteiger partial charge is 0.135 e. The summed E-state index contributed by atoms with van der Waals surface area (Å²) in [6, 6.07) is 5.33. The van der Waals surface area contributed by atoms with Gasteiger partial charge in [-0.3, -0.25) is 0 Å². The summed E-state index contributed by atoms with van der Waals surface area (Å²) in [5.74, 6) is 0. The molecule has 0 saturated carbocycles. The molecule has 1 atom stereocenters. The molecular formula is C9H11N3O2. The first kappa shape index (κ1) is 9.11. The molecule has 0 saturated heterocycles. The van der Waals surface area contributed by atoms with Crippen molar-refractivity contribution >= 4 is 11.0 Å². The lowest BCUT2D eigenvalue weighted by molar-refractivity contribution is 0.276. The van der Waals surface area contributed by atoms with Gasteiger partial charge < -0.3 is 10.8 Å². The van der Waals surface area contributed by atoms with E-state index >= 15 is 0 Å². The van der Waals surface area contributed by atoms with Crippen LogP contribution in [-0.4, -0.2) is 22.0 Å². The fraction of sp³-hybridized carbons (Fsp3) is 0.333. The van der Waals surface area contributed by atoms with Crippen LogP contribution in [0.3, 0.4) is 0 Å². The predicted molar refractivity (Wildman–Crippen MR) is 50.4 cm³/mol. The Bertz CT molecular complexity index is 427. The number of rotatable bonds is 3. The number of hydrogen-bond donors (Lipinski definition) is 2. The second-order valence-electron chi connectivity index (χ2n) is 3.13. The summed E-state index contributed by atoms with van der Waals surface area (Å²) < 4.78 is 4.57. The normalized spacial score (nSPS) is 13.3. The number of benzene rings is 1. The van der Waals surface area contributed by atoms with E-state index in [0.29, 0.717) is 17.5 Å². The molecule has 0 spiro atoms. The molecule has 1 aromatic heterocycles. The van der Waals surface area contributed by atoms with Gasteiger partial charge in [-0.05, 0) is 34.4 Å². The molecule has 14 heavy (non-hydrogen) atoms. The summed E-state index contributed by atoms with van der Waals surface area (Å²) in [5, 5.41) is 16.2. The molecular weight excluding hydrogens is 182 g/mol. The van der Waals surface area contributed by atoms with Gasteiger partial charge in [0.2, 0.25) is 0 Å². The van der Waals surface area contributed by atoms with E-state index < -0.39 is 0 Å². The fourth-order valence-corrected chi connectivity index (χ4v) is 1.34. The van der Waals surface area contributed by atoms with Crippen LogP contribution >= 0.6 is 0 Å². The van der Waals surface area contributed by atoms with Crippen LogP contribution in [0.15, 0.2) is 22.8 Å². The van der Waals surface area contributed by atoms with E-state index in [9.17, 15) is 0 Å². The van der Waals surface area contributed by atoms with Crippen molar-refractivity contribution in [2.24, 2.45) is 5.73 Å². The number of aliphatic hydroxyl groups is 1. The first-order chi connectivity index (χ1) is 6.81. The molecule has 5 heteroatoms. The van der Waals surface area contributed by atoms with Gasteiger partial charge in [-0.1, -0.05) is 6.07 Å². The summed E-state index contributed by atoms with van der Waals surface area (Å²) in [6.45, 7) is 0.0796. The molecule has 3 N–H and O–H groups in total. The van der Waals surface area contributed by atoms with Crippen LogP contribution in [0.2, 0.25) is 0 Å². The van der Waals surface area contributed by atoms with Gasteiger partial charge in [0.1, 0.15) is 11.0 Å². The molecule has 1 aromatic carbocycles. The summed E-state index contributed by atoms with van der Waals surface area (Å²) >= 11 is 0. The Morgan fingerprint density at radius 1 is 1.36 bits per heavy atom. The Morgan fingerprint density at radius 3 is 2.93 bits per heavy atom. The quantitative estimate of drug-likeness (QED) is 0.745. The number of hydrogen-bond acceptors (Lipinski definition) is 5. The topological polar surface area (TPSA) is 85.2 Å². The monoisotopic (exact) mass is 193 g/mol. The lowest BCUT2D eigenvalue weighted by Crippen LogP contribution is -2.11. The average molecular weight is 193 g/mol. The van der Waals surface area contributed by atoms with Gasteiger partial charge in [0.15, 0.2) is 0 Å². The van der Waals surface area contributed by atoms with Crippen LogP contribution in [-0.2, 0) is 0 Å². The Hall–Kier alpha value is -1.46. The van der Waals surface area contributed by atoms with Gasteiger partial charge in [0, 0.05) is 12.6 Å². The van der Waals surface area contributed by atoms with Gasteiger partial charge in [0.05, 0.1) is 0 Å². The lowest BCUT2D eigenvalue weighted by atomic mass is 10.0. The van der Waals surface area contributed by atoms with Crippen LogP contribution in [0.25, 0.3) is 11.0 Å². The summed E-state index contributed by atoms with van der Waals surface area (Å²) in [6.07, 6.45) is 0.538. The molecule has 0 bridgehead atoms. The van der Waals surface area contributed by atoms with E-state index in [4.69, 9.17) is 10.8 Å². The van der Waals surface area contributed by atoms with Crippen LogP contribution in [0.1, 0.15) is 18.0 Å². The molecule has 0 aliphatic rings. The van der Waals surface area contributed by atoms with Crippen molar-refractivity contribution in [3.63, 3.8) is 0 Å². The molecule has 2 rings (SSSR count). The van der Waals surface area contributed by atoms with Gasteiger partial charge in [0.25, 0.3) is 0 Å². The number of nitrogens with zero attached hydrogens (tertiary/aromatic N) is 2. The largest absolute Gasteiger partial charge is 0.396 e. The number of fused-ring (bicyclic) bond motifs is 1. The van der Waals surface area contributed by atoms with E-state index in [1.807, 2.05) is 12.1 Å². The first-order valence-electron chi connectivity index (χ1n) is 4.40. The second-order valence-corrected chi connectivity index (χ2v) is 3.13. The summed E-state index contributed by atoms with van der Waals surface area (Å²) in [5.41, 5.74) is 8.16. The second kappa shape index (κ2) is 3.73. The zero-order chi connectivity index (χ0) is 9.97. The van der Waals surface area contributed by atoms with Crippen LogP contribution in [0.4, 0.5) is 0 Å². The van der Waals surface area contributed by atoms with Gasteiger partial charge in [-0.15, -0.1) is 0 Å². The van der Waals surface area contributed by atoms with Crippen molar-refractivity contribution in [3.05, 3.63) is 23.8 Å². The highest BCUT2D eigenvalue weighted by atomic mass is 16.6. The highest BCUT2D eigenvalue weighted by Crippen LogP contribution is 2.18. The molecule has 0 fully saturated rings. The Kier molecular flexibility index (Phi) is 2.43. The SMILES string of the molecule is NC(CCO)c1ccc2nonc2c1. The van der Waals surface area contributed by atoms with Gasteiger partial charge in [-0.25, -0.2) is 4.63 Å². The number of nitrogens with two attached hydrogens (primary N) is 1. The van der Waals surface area contributed by atoms with Crippen LogP contribution in [0.5, 0.6) is 0 Å². The van der Waals surface area contributed by atoms with E-state index in [0.717, 1.165) is 5.56 Å². The maximum atomic E-state index is 8.74. The third kappa shape index (κ3) is 1.59. The number of aliphatic hydroxyl groups excluding tert-OH is 1. The van der Waals surface area contributed by atoms with Gasteiger partial charge in [-0.2, -0.15) is 0 Å². The third-order valence-corrected chi connectivity index (χ3v) is 2.15. The van der Waals surface area contributed by atoms with E-state index in [1.54, 1.807) is 6.07 Å². The molecule has 2 aromatic rings. The average Bonchev–Trinajstić information content (AvgIpc) is 2.64. The molecule has 0 amide bonds. The van der Waals surface area contributed by atoms with Crippen molar-refractivity contribution in [1.29, 1.82) is 0 Å².